The molecule has 1 aromatic heterocycles. The number of thiophene rings is 1. The van der Waals surface area contributed by atoms with E-state index in [9.17, 15) is 19.5 Å². The van der Waals surface area contributed by atoms with E-state index < -0.39 is 11.9 Å². The number of amides is 1. The van der Waals surface area contributed by atoms with Gasteiger partial charge in [0, 0.05) is 24.4 Å². The molecule has 29 heavy (non-hydrogen) atoms. The molecule has 7 nitrogen and oxygen atoms in total. The predicted molar refractivity (Wildman–Crippen MR) is 110 cm³/mol. The Morgan fingerprint density at radius 1 is 1.07 bits per heavy atom. The quantitative estimate of drug-likeness (QED) is 0.668. The number of rotatable bonds is 8. The van der Waals surface area contributed by atoms with Crippen molar-refractivity contribution in [1.29, 1.82) is 0 Å². The maximum atomic E-state index is 12.7. The summed E-state index contributed by atoms with van der Waals surface area (Å²) in [5.41, 5.74) is 0. The molecule has 2 saturated heterocycles. The lowest BCUT2D eigenvalue weighted by Gasteiger charge is -2.39. The van der Waals surface area contributed by atoms with E-state index >= 15 is 0 Å². The molecule has 160 valence electrons. The summed E-state index contributed by atoms with van der Waals surface area (Å²) in [6.45, 7) is 3.62. The van der Waals surface area contributed by atoms with Crippen LogP contribution in [0.1, 0.15) is 37.0 Å². The Morgan fingerprint density at radius 3 is 2.45 bits per heavy atom. The molecular formula is C21H30N2O5S. The van der Waals surface area contributed by atoms with Crippen molar-refractivity contribution >= 4 is 29.2 Å². The summed E-state index contributed by atoms with van der Waals surface area (Å²) in [4.78, 5) is 40.4. The van der Waals surface area contributed by atoms with Crippen LogP contribution in [0.5, 0.6) is 0 Å². The Morgan fingerprint density at radius 2 is 1.83 bits per heavy atom. The van der Waals surface area contributed by atoms with Gasteiger partial charge in [0.2, 0.25) is 5.91 Å². The fourth-order valence-electron chi connectivity index (χ4n) is 4.55. The van der Waals surface area contributed by atoms with E-state index in [0.717, 1.165) is 37.4 Å². The van der Waals surface area contributed by atoms with Gasteiger partial charge in [0.05, 0.1) is 12.3 Å². The Labute approximate surface area is 175 Å². The highest BCUT2D eigenvalue weighted by Gasteiger charge is 2.33. The van der Waals surface area contributed by atoms with Gasteiger partial charge in [-0.3, -0.25) is 14.4 Å². The number of carboxylic acids is 2. The van der Waals surface area contributed by atoms with Crippen LogP contribution in [0.4, 0.5) is 0 Å². The predicted octanol–water partition coefficient (Wildman–Crippen LogP) is 2.42. The molecule has 0 bridgehead atoms. The van der Waals surface area contributed by atoms with Gasteiger partial charge in [0.1, 0.15) is 0 Å². The molecule has 2 aliphatic rings. The van der Waals surface area contributed by atoms with Crippen molar-refractivity contribution in [3.63, 3.8) is 0 Å². The van der Waals surface area contributed by atoms with Gasteiger partial charge in [-0.1, -0.05) is 6.07 Å². The van der Waals surface area contributed by atoms with E-state index in [1.54, 1.807) is 11.3 Å². The zero-order valence-electron chi connectivity index (χ0n) is 16.7. The zero-order chi connectivity index (χ0) is 20.8. The average molecular weight is 423 g/mol. The summed E-state index contributed by atoms with van der Waals surface area (Å²) < 4.78 is 0. The summed E-state index contributed by atoms with van der Waals surface area (Å²) in [6.07, 6.45) is 3.48. The summed E-state index contributed by atoms with van der Waals surface area (Å²) >= 11 is 1.58. The maximum Gasteiger partial charge on any atom is 0.306 e. The van der Waals surface area contributed by atoms with E-state index in [2.05, 4.69) is 4.90 Å². The van der Waals surface area contributed by atoms with Gasteiger partial charge in [-0.05, 0) is 68.6 Å². The highest BCUT2D eigenvalue weighted by molar-refractivity contribution is 7.10. The second kappa shape index (κ2) is 10.2. The smallest absolute Gasteiger partial charge is 0.306 e. The third-order valence-corrected chi connectivity index (χ3v) is 7.22. The number of piperidine rings is 2. The van der Waals surface area contributed by atoms with Crippen LogP contribution in [0.25, 0.3) is 0 Å². The molecule has 2 fully saturated rings. The minimum atomic E-state index is -0.777. The van der Waals surface area contributed by atoms with Gasteiger partial charge in [-0.25, -0.2) is 0 Å². The molecule has 0 aliphatic carbocycles. The summed E-state index contributed by atoms with van der Waals surface area (Å²) in [6, 6.07) is 3.92. The number of carboxylic acid groups (broad SMARTS) is 2. The minimum absolute atomic E-state index is 0.0925. The van der Waals surface area contributed by atoms with Crippen LogP contribution in [0.2, 0.25) is 0 Å². The second-order valence-electron chi connectivity index (χ2n) is 8.25. The number of nitrogens with zero attached hydrogens (tertiary/aromatic N) is 2. The third kappa shape index (κ3) is 6.27. The Kier molecular flexibility index (Phi) is 7.66. The van der Waals surface area contributed by atoms with Gasteiger partial charge in [0.15, 0.2) is 0 Å². The monoisotopic (exact) mass is 422 g/mol. The molecule has 0 spiro atoms. The zero-order valence-corrected chi connectivity index (χ0v) is 17.5. The lowest BCUT2D eigenvalue weighted by atomic mass is 9.80. The fraction of sp³-hybridized carbons (Fsp3) is 0.667. The summed E-state index contributed by atoms with van der Waals surface area (Å²) in [5, 5.41) is 20.4. The van der Waals surface area contributed by atoms with Gasteiger partial charge in [-0.15, -0.1) is 11.3 Å². The fourth-order valence-corrected chi connectivity index (χ4v) is 5.25. The minimum Gasteiger partial charge on any atom is -0.481 e. The van der Waals surface area contributed by atoms with Crippen molar-refractivity contribution in [2.75, 3.05) is 32.7 Å². The van der Waals surface area contributed by atoms with Crippen LogP contribution < -0.4 is 0 Å². The molecular weight excluding hydrogens is 392 g/mol. The van der Waals surface area contributed by atoms with Crippen LogP contribution in [0.15, 0.2) is 17.5 Å². The van der Waals surface area contributed by atoms with Crippen molar-refractivity contribution in [2.24, 2.45) is 17.8 Å². The van der Waals surface area contributed by atoms with Crippen LogP contribution in [0, 0.1) is 17.8 Å². The van der Waals surface area contributed by atoms with Crippen molar-refractivity contribution < 1.29 is 24.6 Å². The average Bonchev–Trinajstić information content (AvgIpc) is 3.20. The Bertz CT molecular complexity index is 700. The number of likely N-dealkylation sites (tertiary alicyclic amines) is 2. The molecule has 0 saturated carbocycles. The number of hydrogen-bond acceptors (Lipinski definition) is 5. The van der Waals surface area contributed by atoms with E-state index in [-0.39, 0.29) is 30.1 Å². The van der Waals surface area contributed by atoms with Crippen LogP contribution >= 0.6 is 11.3 Å². The molecule has 0 unspecified atom stereocenters. The maximum absolute atomic E-state index is 12.7. The largest absolute Gasteiger partial charge is 0.481 e. The van der Waals surface area contributed by atoms with Crippen molar-refractivity contribution in [1.82, 2.24) is 9.80 Å². The third-order valence-electron chi connectivity index (χ3n) is 6.34. The van der Waals surface area contributed by atoms with E-state index in [0.29, 0.717) is 32.4 Å². The number of carbonyl (C=O) groups excluding carboxylic acids is 1. The number of aliphatic carboxylic acids is 2. The van der Waals surface area contributed by atoms with E-state index in [4.69, 9.17) is 5.11 Å². The molecule has 2 aliphatic heterocycles. The molecule has 8 heteroatoms. The van der Waals surface area contributed by atoms with Gasteiger partial charge in [-0.2, -0.15) is 0 Å². The Hall–Kier alpha value is -1.93. The van der Waals surface area contributed by atoms with Crippen LogP contribution in [0.3, 0.4) is 0 Å². The lowest BCUT2D eigenvalue weighted by Crippen LogP contribution is -2.46. The second-order valence-corrected chi connectivity index (χ2v) is 9.28. The molecule has 2 atom stereocenters. The molecule has 3 heterocycles. The number of carbonyl (C=O) groups is 3. The molecule has 1 aromatic rings. The van der Waals surface area contributed by atoms with Gasteiger partial charge in [0.25, 0.3) is 0 Å². The number of hydrogen-bond donors (Lipinski definition) is 2. The van der Waals surface area contributed by atoms with Crippen LogP contribution in [-0.2, 0) is 20.8 Å². The highest BCUT2D eigenvalue weighted by Crippen LogP contribution is 2.30. The first-order valence-corrected chi connectivity index (χ1v) is 11.3. The molecule has 3 rings (SSSR count). The van der Waals surface area contributed by atoms with Gasteiger partial charge < -0.3 is 20.0 Å². The topological polar surface area (TPSA) is 98.2 Å². The summed E-state index contributed by atoms with van der Waals surface area (Å²) in [7, 11) is 0. The van der Waals surface area contributed by atoms with Crippen molar-refractivity contribution in [2.45, 2.75) is 38.5 Å². The Balaban J connectivity index is 1.54. The lowest BCUT2D eigenvalue weighted by molar-refractivity contribution is -0.143. The standard InChI is InChI=1S/C21H30N2O5S/c24-19(13-18-2-1-11-29-18)23-10-6-16(12-20(25)26)17(14-23)5-9-22-7-3-15(4-8-22)21(27)28/h1-2,11,15-17H,3-10,12-14H2,(H,25,26)(H,27,28)/t16-,17-/m0/s1. The first-order valence-electron chi connectivity index (χ1n) is 10.4. The summed E-state index contributed by atoms with van der Waals surface area (Å²) in [5.74, 6) is -1.35. The SMILES string of the molecule is O=C(O)C[C@@H]1CCN(C(=O)Cc2cccs2)C[C@@H]1CCN1CCC(C(=O)O)CC1. The van der Waals surface area contributed by atoms with Crippen molar-refractivity contribution in [3.05, 3.63) is 22.4 Å². The molecule has 0 radical (unpaired) electrons. The normalized spacial score (nSPS) is 23.8. The first kappa shape index (κ1) is 21.8. The first-order chi connectivity index (χ1) is 13.9. The molecule has 0 aromatic carbocycles. The van der Waals surface area contributed by atoms with Crippen molar-refractivity contribution in [3.8, 4) is 0 Å². The molecule has 1 amide bonds. The van der Waals surface area contributed by atoms with E-state index in [1.807, 2.05) is 22.4 Å². The molecule has 2 N–H and O–H groups in total. The van der Waals surface area contributed by atoms with E-state index in [1.165, 1.54) is 0 Å². The van der Waals surface area contributed by atoms with Crippen LogP contribution in [-0.4, -0.2) is 70.6 Å². The highest BCUT2D eigenvalue weighted by atomic mass is 32.1. The van der Waals surface area contributed by atoms with Gasteiger partial charge >= 0.3 is 11.9 Å².